The molecule has 4 nitrogen and oxygen atoms in total. The predicted molar refractivity (Wildman–Crippen MR) is 87.9 cm³/mol. The lowest BCUT2D eigenvalue weighted by molar-refractivity contribution is -0.132. The lowest BCUT2D eigenvalue weighted by Crippen LogP contribution is -2.45. The topological polar surface area (TPSA) is 41.9 Å². The Balaban J connectivity index is 1.81. The Hall–Kier alpha value is -2.36. The van der Waals surface area contributed by atoms with E-state index in [0.717, 1.165) is 5.56 Å². The molecule has 0 saturated carbocycles. The van der Waals surface area contributed by atoms with Gasteiger partial charge in [0.15, 0.2) is 0 Å². The second-order valence-electron chi connectivity index (χ2n) is 5.51. The van der Waals surface area contributed by atoms with E-state index < -0.39 is 0 Å². The number of carbonyl (C=O) groups is 1. The number of hydrogen-bond acceptors (Lipinski definition) is 3. The second kappa shape index (κ2) is 6.18. The van der Waals surface area contributed by atoms with Gasteiger partial charge in [-0.05, 0) is 36.2 Å². The fourth-order valence-corrected chi connectivity index (χ4v) is 2.76. The van der Waals surface area contributed by atoms with Gasteiger partial charge < -0.3 is 9.64 Å². The Labute approximate surface area is 130 Å². The van der Waals surface area contributed by atoms with Crippen molar-refractivity contribution < 1.29 is 9.53 Å². The number of ether oxygens (including phenoxy) is 1. The van der Waals surface area contributed by atoms with Gasteiger partial charge in [-0.1, -0.05) is 36.4 Å². The van der Waals surface area contributed by atoms with Gasteiger partial charge in [-0.3, -0.25) is 4.79 Å². The molecule has 0 aromatic heterocycles. The monoisotopic (exact) mass is 296 g/mol. The summed E-state index contributed by atoms with van der Waals surface area (Å²) in [6.07, 6.45) is 0. The van der Waals surface area contributed by atoms with Crippen LogP contribution in [-0.4, -0.2) is 35.9 Å². The summed E-state index contributed by atoms with van der Waals surface area (Å²) in [5.74, 6) is 0.701. The van der Waals surface area contributed by atoms with E-state index in [9.17, 15) is 4.79 Å². The average molecular weight is 296 g/mol. The first kappa shape index (κ1) is 14.6. The highest BCUT2D eigenvalue weighted by Gasteiger charge is 2.27. The summed E-state index contributed by atoms with van der Waals surface area (Å²) in [5.41, 5.74) is 1.12. The first-order valence-electron chi connectivity index (χ1n) is 7.63. The van der Waals surface area contributed by atoms with Crippen molar-refractivity contribution in [1.29, 1.82) is 0 Å². The van der Waals surface area contributed by atoms with Crippen LogP contribution in [0.3, 0.4) is 0 Å². The van der Waals surface area contributed by atoms with E-state index in [2.05, 4.69) is 35.3 Å². The molecule has 0 saturated heterocycles. The van der Waals surface area contributed by atoms with Crippen molar-refractivity contribution in [2.24, 2.45) is 4.99 Å². The molecular formula is C18H20N2O2. The van der Waals surface area contributed by atoms with Gasteiger partial charge in [0, 0.05) is 6.54 Å². The zero-order chi connectivity index (χ0) is 15.5. The molecule has 22 heavy (non-hydrogen) atoms. The number of hydrogen-bond donors (Lipinski definition) is 0. The Kier molecular flexibility index (Phi) is 4.09. The summed E-state index contributed by atoms with van der Waals surface area (Å²) in [7, 11) is 0. The molecule has 2 aromatic rings. The van der Waals surface area contributed by atoms with E-state index in [1.807, 2.05) is 30.9 Å². The van der Waals surface area contributed by atoms with E-state index in [1.54, 1.807) is 0 Å². The summed E-state index contributed by atoms with van der Waals surface area (Å²) in [6, 6.07) is 14.2. The van der Waals surface area contributed by atoms with Gasteiger partial charge in [0.25, 0.3) is 0 Å². The third kappa shape index (κ3) is 2.96. The largest absolute Gasteiger partial charge is 0.480 e. The third-order valence-corrected chi connectivity index (χ3v) is 3.83. The van der Waals surface area contributed by atoms with Gasteiger partial charge in [0.05, 0.1) is 13.2 Å². The predicted octanol–water partition coefficient (Wildman–Crippen LogP) is 3.01. The van der Waals surface area contributed by atoms with E-state index in [-0.39, 0.29) is 11.9 Å². The van der Waals surface area contributed by atoms with Crippen molar-refractivity contribution in [1.82, 2.24) is 4.90 Å². The van der Waals surface area contributed by atoms with Gasteiger partial charge >= 0.3 is 0 Å². The van der Waals surface area contributed by atoms with Crippen LogP contribution in [0.2, 0.25) is 0 Å². The molecule has 0 N–H and O–H groups in total. The molecule has 0 radical (unpaired) electrons. The Morgan fingerprint density at radius 3 is 2.77 bits per heavy atom. The van der Waals surface area contributed by atoms with E-state index in [4.69, 9.17) is 4.74 Å². The normalized spacial score (nSPS) is 18.5. The molecule has 3 rings (SSSR count). The van der Waals surface area contributed by atoms with Crippen LogP contribution >= 0.6 is 0 Å². The minimum absolute atomic E-state index is 0.0524. The van der Waals surface area contributed by atoms with Crippen LogP contribution in [0.15, 0.2) is 47.5 Å². The van der Waals surface area contributed by atoms with Crippen molar-refractivity contribution in [3.63, 3.8) is 0 Å². The highest BCUT2D eigenvalue weighted by Crippen LogP contribution is 2.18. The van der Waals surface area contributed by atoms with Gasteiger partial charge in [0.1, 0.15) is 6.04 Å². The minimum atomic E-state index is -0.365. The molecule has 114 valence electrons. The zero-order valence-corrected chi connectivity index (χ0v) is 13.0. The van der Waals surface area contributed by atoms with Crippen molar-refractivity contribution in [2.45, 2.75) is 26.4 Å². The molecule has 1 aliphatic heterocycles. The number of carbonyl (C=O) groups excluding carboxylic acids is 1. The first-order chi connectivity index (χ1) is 10.7. The second-order valence-corrected chi connectivity index (χ2v) is 5.51. The van der Waals surface area contributed by atoms with Crippen LogP contribution < -0.4 is 0 Å². The van der Waals surface area contributed by atoms with Crippen molar-refractivity contribution in [2.75, 3.05) is 13.2 Å². The summed E-state index contributed by atoms with van der Waals surface area (Å²) in [5, 5.41) is 2.40. The fourth-order valence-electron chi connectivity index (χ4n) is 2.76. The maximum absolute atomic E-state index is 12.3. The number of nitrogens with zero attached hydrogens (tertiary/aromatic N) is 2. The molecular weight excluding hydrogens is 276 g/mol. The summed E-state index contributed by atoms with van der Waals surface area (Å²) < 4.78 is 5.50. The van der Waals surface area contributed by atoms with Gasteiger partial charge in [0.2, 0.25) is 11.8 Å². The molecule has 1 atom stereocenters. The molecule has 0 aliphatic carbocycles. The van der Waals surface area contributed by atoms with Crippen molar-refractivity contribution >= 4 is 22.6 Å². The first-order valence-corrected chi connectivity index (χ1v) is 7.63. The summed E-state index contributed by atoms with van der Waals surface area (Å²) in [4.78, 5) is 18.4. The Morgan fingerprint density at radius 1 is 1.23 bits per heavy atom. The van der Waals surface area contributed by atoms with E-state index in [0.29, 0.717) is 25.6 Å². The maximum atomic E-state index is 12.3. The lowest BCUT2D eigenvalue weighted by Gasteiger charge is -2.29. The average Bonchev–Trinajstić information content (AvgIpc) is 2.52. The maximum Gasteiger partial charge on any atom is 0.247 e. The number of amides is 1. The van der Waals surface area contributed by atoms with E-state index in [1.165, 1.54) is 10.8 Å². The highest BCUT2D eigenvalue weighted by molar-refractivity contribution is 5.93. The van der Waals surface area contributed by atoms with E-state index >= 15 is 0 Å². The van der Waals surface area contributed by atoms with Gasteiger partial charge in [-0.25, -0.2) is 4.99 Å². The van der Waals surface area contributed by atoms with Gasteiger partial charge in [-0.2, -0.15) is 0 Å². The number of benzene rings is 2. The third-order valence-electron chi connectivity index (χ3n) is 3.83. The number of rotatable bonds is 3. The Morgan fingerprint density at radius 2 is 2.00 bits per heavy atom. The Bertz CT molecular complexity index is 724. The minimum Gasteiger partial charge on any atom is -0.480 e. The fraction of sp³-hybridized carbons (Fsp3) is 0.333. The van der Waals surface area contributed by atoms with Crippen LogP contribution in [0.5, 0.6) is 0 Å². The molecule has 0 unspecified atom stereocenters. The number of fused-ring (bicyclic) bond motifs is 1. The molecule has 0 bridgehead atoms. The smallest absolute Gasteiger partial charge is 0.247 e. The summed E-state index contributed by atoms with van der Waals surface area (Å²) in [6.45, 7) is 5.35. The molecule has 0 fully saturated rings. The molecule has 1 heterocycles. The standard InChI is InChI=1S/C18H20N2O2/c1-3-22-17-12-20(18(21)13(2)19-17)11-14-8-9-15-6-4-5-7-16(15)10-14/h4-10,13H,3,11-12H2,1-2H3/t13-/m0/s1. The quantitative estimate of drug-likeness (QED) is 0.873. The number of aliphatic imine (C=N–C) groups is 1. The molecule has 0 spiro atoms. The summed E-state index contributed by atoms with van der Waals surface area (Å²) >= 11 is 0. The van der Waals surface area contributed by atoms with Crippen LogP contribution in [-0.2, 0) is 16.1 Å². The zero-order valence-electron chi connectivity index (χ0n) is 13.0. The van der Waals surface area contributed by atoms with Crippen molar-refractivity contribution in [3.8, 4) is 0 Å². The highest BCUT2D eigenvalue weighted by atomic mass is 16.5. The van der Waals surface area contributed by atoms with Crippen LogP contribution in [0.25, 0.3) is 10.8 Å². The molecule has 1 aliphatic rings. The van der Waals surface area contributed by atoms with Crippen LogP contribution in [0.4, 0.5) is 0 Å². The van der Waals surface area contributed by atoms with Gasteiger partial charge in [-0.15, -0.1) is 0 Å². The lowest BCUT2D eigenvalue weighted by atomic mass is 10.1. The molecule has 2 aromatic carbocycles. The molecule has 1 amide bonds. The molecule has 4 heteroatoms. The van der Waals surface area contributed by atoms with Crippen LogP contribution in [0.1, 0.15) is 19.4 Å². The van der Waals surface area contributed by atoms with Crippen molar-refractivity contribution in [3.05, 3.63) is 48.0 Å². The SMILES string of the molecule is CCOC1=N[C@@H](C)C(=O)N(Cc2ccc3ccccc3c2)C1. The van der Waals surface area contributed by atoms with Crippen LogP contribution in [0, 0.1) is 0 Å².